The maximum atomic E-state index is 12.5. The highest BCUT2D eigenvalue weighted by Crippen LogP contribution is 2.29. The van der Waals surface area contributed by atoms with E-state index in [0.717, 1.165) is 5.56 Å². The number of esters is 1. The van der Waals surface area contributed by atoms with Gasteiger partial charge in [0.2, 0.25) is 0 Å². The molecule has 3 rings (SSSR count). The molecular formula is C21H22N2O5. The first-order chi connectivity index (χ1) is 13.5. The molecule has 0 spiro atoms. The summed E-state index contributed by atoms with van der Waals surface area (Å²) in [7, 11) is 1.76. The minimum Gasteiger partial charge on any atom is -0.508 e. The summed E-state index contributed by atoms with van der Waals surface area (Å²) in [6, 6.07) is 14.1. The molecule has 7 heteroatoms. The molecule has 2 aromatic carbocycles. The average Bonchev–Trinajstić information content (AvgIpc) is 2.97. The number of phenolic OH excluding ortho intramolecular Hbond substituents is 1. The van der Waals surface area contributed by atoms with Gasteiger partial charge < -0.3 is 24.5 Å². The first-order valence-corrected chi connectivity index (χ1v) is 8.93. The Morgan fingerprint density at radius 3 is 2.57 bits per heavy atom. The molecule has 0 saturated carbocycles. The zero-order valence-corrected chi connectivity index (χ0v) is 15.8. The number of aromatic hydroxyl groups is 1. The summed E-state index contributed by atoms with van der Waals surface area (Å²) < 4.78 is 12.1. The number of rotatable bonds is 6. The Hall–Kier alpha value is -3.48. The molecule has 0 atom stereocenters. The van der Waals surface area contributed by atoms with E-state index in [9.17, 15) is 14.7 Å². The number of carbonyl (C=O) groups is 2. The Morgan fingerprint density at radius 1 is 1.11 bits per heavy atom. The molecule has 7 nitrogen and oxygen atoms in total. The molecule has 2 N–H and O–H groups in total. The summed E-state index contributed by atoms with van der Waals surface area (Å²) in [5.74, 6) is -0.390. The fraction of sp³-hybridized carbons (Fsp3) is 0.238. The van der Waals surface area contributed by atoms with Crippen LogP contribution < -0.4 is 5.32 Å². The number of carbonyl (C=O) groups excluding carboxylic acids is 2. The lowest BCUT2D eigenvalue weighted by Gasteiger charge is -2.10. The quantitative estimate of drug-likeness (QED) is 0.637. The second kappa shape index (κ2) is 8.47. The lowest BCUT2D eigenvalue weighted by molar-refractivity contribution is 0.0526. The molecule has 1 amide bonds. The number of fused-ring (bicyclic) bond motifs is 1. The van der Waals surface area contributed by atoms with E-state index in [1.54, 1.807) is 30.7 Å². The average molecular weight is 382 g/mol. The van der Waals surface area contributed by atoms with Crippen LogP contribution in [0.25, 0.3) is 10.9 Å². The van der Waals surface area contributed by atoms with Crippen molar-refractivity contribution in [1.29, 1.82) is 0 Å². The van der Waals surface area contributed by atoms with Crippen molar-refractivity contribution < 1.29 is 24.2 Å². The minimum atomic E-state index is -0.591. The van der Waals surface area contributed by atoms with E-state index in [2.05, 4.69) is 5.32 Å². The third-order valence-corrected chi connectivity index (χ3v) is 4.40. The number of hydrogen-bond donors (Lipinski definition) is 2. The van der Waals surface area contributed by atoms with Crippen molar-refractivity contribution in [2.24, 2.45) is 7.05 Å². The van der Waals surface area contributed by atoms with Crippen molar-refractivity contribution in [2.75, 3.05) is 6.61 Å². The molecule has 0 aliphatic rings. The highest BCUT2D eigenvalue weighted by molar-refractivity contribution is 6.06. The fourth-order valence-electron chi connectivity index (χ4n) is 3.05. The number of amides is 1. The molecule has 0 saturated heterocycles. The van der Waals surface area contributed by atoms with E-state index >= 15 is 0 Å². The third kappa shape index (κ3) is 4.09. The van der Waals surface area contributed by atoms with Crippen LogP contribution >= 0.6 is 0 Å². The van der Waals surface area contributed by atoms with Gasteiger partial charge in [-0.15, -0.1) is 0 Å². The van der Waals surface area contributed by atoms with Crippen molar-refractivity contribution in [2.45, 2.75) is 20.1 Å². The van der Waals surface area contributed by atoms with E-state index in [1.165, 1.54) is 6.07 Å². The van der Waals surface area contributed by atoms with Gasteiger partial charge in [-0.2, -0.15) is 0 Å². The lowest BCUT2D eigenvalue weighted by Crippen LogP contribution is -2.26. The molecule has 0 unspecified atom stereocenters. The van der Waals surface area contributed by atoms with Crippen LogP contribution in [-0.2, 0) is 29.7 Å². The van der Waals surface area contributed by atoms with Crippen LogP contribution in [0.1, 0.15) is 28.5 Å². The maximum Gasteiger partial charge on any atom is 0.407 e. The van der Waals surface area contributed by atoms with Crippen molar-refractivity contribution >= 4 is 23.0 Å². The molecule has 3 aromatic rings. The minimum absolute atomic E-state index is 0.0771. The predicted molar refractivity (Wildman–Crippen MR) is 104 cm³/mol. The van der Waals surface area contributed by atoms with Gasteiger partial charge in [0.05, 0.1) is 29.9 Å². The molecule has 146 valence electrons. The van der Waals surface area contributed by atoms with E-state index in [-0.39, 0.29) is 25.5 Å². The molecule has 0 aliphatic carbocycles. The number of phenols is 1. The first-order valence-electron chi connectivity index (χ1n) is 8.93. The topological polar surface area (TPSA) is 89.8 Å². The summed E-state index contributed by atoms with van der Waals surface area (Å²) in [6.45, 7) is 2.20. The predicted octanol–water partition coefficient (Wildman–Crippen LogP) is 3.49. The van der Waals surface area contributed by atoms with Gasteiger partial charge in [0.25, 0.3) is 0 Å². The van der Waals surface area contributed by atoms with Gasteiger partial charge in [0.15, 0.2) is 0 Å². The van der Waals surface area contributed by atoms with Gasteiger partial charge in [-0.3, -0.25) is 0 Å². The first kappa shape index (κ1) is 19.3. The summed E-state index contributed by atoms with van der Waals surface area (Å²) in [4.78, 5) is 24.6. The Labute approximate surface area is 162 Å². The molecule has 0 bridgehead atoms. The van der Waals surface area contributed by atoms with E-state index < -0.39 is 12.1 Å². The molecule has 0 fully saturated rings. The number of aryl methyl sites for hydroxylation is 1. The van der Waals surface area contributed by atoms with Gasteiger partial charge in [0.1, 0.15) is 12.4 Å². The molecule has 0 radical (unpaired) electrons. The van der Waals surface area contributed by atoms with Crippen molar-refractivity contribution in [3.05, 3.63) is 65.4 Å². The van der Waals surface area contributed by atoms with Gasteiger partial charge in [-0.1, -0.05) is 30.3 Å². The standard InChI is InChI=1S/C21H22N2O5/c1-3-27-20(25)19-16-10-9-15(24)11-17(16)23(2)18(19)12-22-21(26)28-13-14-7-5-4-6-8-14/h4-11,24H,3,12-13H2,1-2H3,(H,22,26). The van der Waals surface area contributed by atoms with Gasteiger partial charge in [-0.05, 0) is 24.6 Å². The van der Waals surface area contributed by atoms with Crippen molar-refractivity contribution in [1.82, 2.24) is 9.88 Å². The van der Waals surface area contributed by atoms with Crippen LogP contribution in [0.5, 0.6) is 5.75 Å². The summed E-state index contributed by atoms with van der Waals surface area (Å²) >= 11 is 0. The summed E-state index contributed by atoms with van der Waals surface area (Å²) in [5, 5.41) is 13.1. The van der Waals surface area contributed by atoms with Crippen molar-refractivity contribution in [3.8, 4) is 5.75 Å². The summed E-state index contributed by atoms with van der Waals surface area (Å²) in [5.41, 5.74) is 2.47. The number of hydrogen-bond acceptors (Lipinski definition) is 5. The maximum absolute atomic E-state index is 12.5. The lowest BCUT2D eigenvalue weighted by atomic mass is 10.1. The smallest absolute Gasteiger partial charge is 0.407 e. The van der Waals surface area contributed by atoms with Gasteiger partial charge in [0, 0.05) is 18.5 Å². The number of nitrogens with one attached hydrogen (secondary N) is 1. The Bertz CT molecular complexity index is 995. The zero-order chi connectivity index (χ0) is 20.1. The van der Waals surface area contributed by atoms with Crippen LogP contribution in [0.2, 0.25) is 0 Å². The van der Waals surface area contributed by atoms with Crippen LogP contribution in [0.3, 0.4) is 0 Å². The fourth-order valence-corrected chi connectivity index (χ4v) is 3.05. The van der Waals surface area contributed by atoms with E-state index in [4.69, 9.17) is 9.47 Å². The monoisotopic (exact) mass is 382 g/mol. The van der Waals surface area contributed by atoms with Crippen LogP contribution in [0.4, 0.5) is 4.79 Å². The highest BCUT2D eigenvalue weighted by atomic mass is 16.5. The zero-order valence-electron chi connectivity index (χ0n) is 15.8. The van der Waals surface area contributed by atoms with Crippen molar-refractivity contribution in [3.63, 3.8) is 0 Å². The Kier molecular flexibility index (Phi) is 5.84. The van der Waals surface area contributed by atoms with Crippen LogP contribution in [0.15, 0.2) is 48.5 Å². The molecule has 1 aromatic heterocycles. The largest absolute Gasteiger partial charge is 0.508 e. The Balaban J connectivity index is 1.79. The second-order valence-corrected chi connectivity index (χ2v) is 6.22. The van der Waals surface area contributed by atoms with E-state index in [1.807, 2.05) is 30.3 Å². The number of benzene rings is 2. The van der Waals surface area contributed by atoms with Crippen LogP contribution in [-0.4, -0.2) is 28.3 Å². The number of nitrogens with zero attached hydrogens (tertiary/aromatic N) is 1. The van der Waals surface area contributed by atoms with E-state index in [0.29, 0.717) is 22.2 Å². The van der Waals surface area contributed by atoms with Crippen LogP contribution in [0, 0.1) is 0 Å². The number of ether oxygens (including phenoxy) is 2. The number of alkyl carbamates (subject to hydrolysis) is 1. The third-order valence-electron chi connectivity index (χ3n) is 4.40. The summed E-state index contributed by atoms with van der Waals surface area (Å²) in [6.07, 6.45) is -0.591. The number of aromatic nitrogens is 1. The highest BCUT2D eigenvalue weighted by Gasteiger charge is 2.23. The molecule has 1 heterocycles. The van der Waals surface area contributed by atoms with Gasteiger partial charge in [-0.25, -0.2) is 9.59 Å². The second-order valence-electron chi connectivity index (χ2n) is 6.22. The SMILES string of the molecule is CCOC(=O)c1c(CNC(=O)OCc2ccccc2)n(C)c2cc(O)ccc12. The molecule has 0 aliphatic heterocycles. The Morgan fingerprint density at radius 2 is 1.86 bits per heavy atom. The molecular weight excluding hydrogens is 360 g/mol. The molecule has 28 heavy (non-hydrogen) atoms. The normalized spacial score (nSPS) is 10.6. The van der Waals surface area contributed by atoms with Gasteiger partial charge >= 0.3 is 12.1 Å².